The molecular formula is C13H16N2O2. The third kappa shape index (κ3) is 2.54. The standard InChI is InChI=1S/C13H16N2O2/c1-9-12(11(16)8-14-2)15-13(17-9)10-6-4-3-5-7-10/h3-7,11,14,16H,8H2,1-2H3. The molecule has 0 fully saturated rings. The predicted molar refractivity (Wildman–Crippen MR) is 65.6 cm³/mol. The van der Waals surface area contributed by atoms with Crippen LogP contribution in [0.3, 0.4) is 0 Å². The second-order valence-electron chi connectivity index (χ2n) is 3.90. The van der Waals surface area contributed by atoms with E-state index in [9.17, 15) is 5.11 Å². The molecule has 0 saturated heterocycles. The van der Waals surface area contributed by atoms with Crippen molar-refractivity contribution in [2.45, 2.75) is 13.0 Å². The number of nitrogens with zero attached hydrogens (tertiary/aromatic N) is 1. The Hall–Kier alpha value is -1.65. The number of aliphatic hydroxyl groups excluding tert-OH is 1. The smallest absolute Gasteiger partial charge is 0.226 e. The maximum atomic E-state index is 9.88. The van der Waals surface area contributed by atoms with Gasteiger partial charge in [-0.05, 0) is 26.1 Å². The number of hydrogen-bond donors (Lipinski definition) is 2. The van der Waals surface area contributed by atoms with Crippen LogP contribution in [0.2, 0.25) is 0 Å². The van der Waals surface area contributed by atoms with Crippen molar-refractivity contribution in [2.75, 3.05) is 13.6 Å². The lowest BCUT2D eigenvalue weighted by Gasteiger charge is -2.05. The van der Waals surface area contributed by atoms with Crippen molar-refractivity contribution < 1.29 is 9.52 Å². The van der Waals surface area contributed by atoms with Crippen molar-refractivity contribution in [1.29, 1.82) is 0 Å². The summed E-state index contributed by atoms with van der Waals surface area (Å²) >= 11 is 0. The highest BCUT2D eigenvalue weighted by Gasteiger charge is 2.17. The fraction of sp³-hybridized carbons (Fsp3) is 0.308. The molecular weight excluding hydrogens is 216 g/mol. The van der Waals surface area contributed by atoms with Gasteiger partial charge in [0, 0.05) is 12.1 Å². The minimum Gasteiger partial charge on any atom is -0.441 e. The van der Waals surface area contributed by atoms with E-state index in [1.165, 1.54) is 0 Å². The Morgan fingerprint density at radius 3 is 2.71 bits per heavy atom. The lowest BCUT2D eigenvalue weighted by Crippen LogP contribution is -2.17. The zero-order valence-corrected chi connectivity index (χ0v) is 9.97. The van der Waals surface area contributed by atoms with Gasteiger partial charge in [-0.2, -0.15) is 0 Å². The Bertz CT molecular complexity index is 479. The molecule has 0 amide bonds. The van der Waals surface area contributed by atoms with Gasteiger partial charge >= 0.3 is 0 Å². The third-order valence-electron chi connectivity index (χ3n) is 2.57. The summed E-state index contributed by atoms with van der Waals surface area (Å²) in [6.45, 7) is 2.27. The number of aliphatic hydroxyl groups is 1. The first-order valence-electron chi connectivity index (χ1n) is 5.57. The van der Waals surface area contributed by atoms with Crippen LogP contribution in [0.25, 0.3) is 11.5 Å². The summed E-state index contributed by atoms with van der Waals surface area (Å²) < 4.78 is 5.57. The van der Waals surface area contributed by atoms with E-state index in [-0.39, 0.29) is 0 Å². The topological polar surface area (TPSA) is 58.3 Å². The number of nitrogens with one attached hydrogen (secondary N) is 1. The summed E-state index contributed by atoms with van der Waals surface area (Å²) in [5, 5.41) is 12.8. The molecule has 0 spiro atoms. The van der Waals surface area contributed by atoms with Gasteiger partial charge in [0.15, 0.2) is 0 Å². The van der Waals surface area contributed by atoms with Gasteiger partial charge in [0.25, 0.3) is 0 Å². The van der Waals surface area contributed by atoms with Crippen molar-refractivity contribution in [3.05, 3.63) is 41.8 Å². The molecule has 0 bridgehead atoms. The molecule has 2 N–H and O–H groups in total. The van der Waals surface area contributed by atoms with E-state index in [0.717, 1.165) is 5.56 Å². The number of hydrogen-bond acceptors (Lipinski definition) is 4. The molecule has 1 aromatic carbocycles. The van der Waals surface area contributed by atoms with E-state index >= 15 is 0 Å². The van der Waals surface area contributed by atoms with Crippen LogP contribution >= 0.6 is 0 Å². The Labute approximate surface area is 100 Å². The molecule has 2 aromatic rings. The van der Waals surface area contributed by atoms with Crippen LogP contribution in [0, 0.1) is 6.92 Å². The number of likely N-dealkylation sites (N-methyl/N-ethyl adjacent to an activating group) is 1. The molecule has 0 aliphatic heterocycles. The highest BCUT2D eigenvalue weighted by Crippen LogP contribution is 2.24. The molecule has 0 saturated carbocycles. The highest BCUT2D eigenvalue weighted by atomic mass is 16.4. The molecule has 17 heavy (non-hydrogen) atoms. The largest absolute Gasteiger partial charge is 0.441 e. The van der Waals surface area contributed by atoms with Crippen LogP contribution < -0.4 is 5.32 Å². The van der Waals surface area contributed by atoms with Crippen LogP contribution in [0.4, 0.5) is 0 Å². The average molecular weight is 232 g/mol. The molecule has 4 nitrogen and oxygen atoms in total. The zero-order chi connectivity index (χ0) is 12.3. The maximum Gasteiger partial charge on any atom is 0.226 e. The highest BCUT2D eigenvalue weighted by molar-refractivity contribution is 5.53. The second-order valence-corrected chi connectivity index (χ2v) is 3.90. The van der Waals surface area contributed by atoms with Gasteiger partial charge in [0.05, 0.1) is 0 Å². The predicted octanol–water partition coefficient (Wildman–Crippen LogP) is 1.90. The summed E-state index contributed by atoms with van der Waals surface area (Å²) in [5.41, 5.74) is 1.51. The van der Waals surface area contributed by atoms with E-state index in [2.05, 4.69) is 10.3 Å². The molecule has 1 unspecified atom stereocenters. The van der Waals surface area contributed by atoms with E-state index in [1.54, 1.807) is 7.05 Å². The summed E-state index contributed by atoms with van der Waals surface area (Å²) in [5.74, 6) is 1.21. The van der Waals surface area contributed by atoms with Gasteiger partial charge in [-0.1, -0.05) is 18.2 Å². The summed E-state index contributed by atoms with van der Waals surface area (Å²) in [6.07, 6.45) is -0.638. The first kappa shape index (κ1) is 11.8. The van der Waals surface area contributed by atoms with Crippen molar-refractivity contribution >= 4 is 0 Å². The Morgan fingerprint density at radius 1 is 1.35 bits per heavy atom. The quantitative estimate of drug-likeness (QED) is 0.845. The normalized spacial score (nSPS) is 12.6. The molecule has 1 heterocycles. The van der Waals surface area contributed by atoms with Crippen LogP contribution in [-0.2, 0) is 0 Å². The molecule has 1 atom stereocenters. The fourth-order valence-electron chi connectivity index (χ4n) is 1.71. The van der Waals surface area contributed by atoms with Crippen molar-refractivity contribution in [3.8, 4) is 11.5 Å². The van der Waals surface area contributed by atoms with Crippen LogP contribution in [-0.4, -0.2) is 23.7 Å². The second kappa shape index (κ2) is 5.12. The summed E-state index contributed by atoms with van der Waals surface area (Å²) in [4.78, 5) is 4.34. The van der Waals surface area contributed by atoms with E-state index in [4.69, 9.17) is 4.42 Å². The molecule has 0 radical (unpaired) electrons. The maximum absolute atomic E-state index is 9.88. The molecule has 90 valence electrons. The van der Waals surface area contributed by atoms with Crippen molar-refractivity contribution in [2.24, 2.45) is 0 Å². The van der Waals surface area contributed by atoms with Gasteiger partial charge in [0.1, 0.15) is 17.6 Å². The van der Waals surface area contributed by atoms with Crippen molar-refractivity contribution in [1.82, 2.24) is 10.3 Å². The first-order valence-corrected chi connectivity index (χ1v) is 5.57. The molecule has 1 aromatic heterocycles. The van der Waals surface area contributed by atoms with E-state index < -0.39 is 6.10 Å². The molecule has 0 aliphatic rings. The van der Waals surface area contributed by atoms with Crippen molar-refractivity contribution in [3.63, 3.8) is 0 Å². The lowest BCUT2D eigenvalue weighted by atomic mass is 10.2. The molecule has 4 heteroatoms. The summed E-state index contributed by atoms with van der Waals surface area (Å²) in [6, 6.07) is 9.66. The summed E-state index contributed by atoms with van der Waals surface area (Å²) in [7, 11) is 1.79. The van der Waals surface area contributed by atoms with Crippen LogP contribution in [0.1, 0.15) is 17.6 Å². The van der Waals surface area contributed by atoms with Gasteiger partial charge < -0.3 is 14.8 Å². The van der Waals surface area contributed by atoms with Gasteiger partial charge in [0.2, 0.25) is 5.89 Å². The van der Waals surface area contributed by atoms with Gasteiger partial charge in [-0.15, -0.1) is 0 Å². The number of rotatable bonds is 4. The monoisotopic (exact) mass is 232 g/mol. The van der Waals surface area contributed by atoms with Gasteiger partial charge in [-0.3, -0.25) is 0 Å². The third-order valence-corrected chi connectivity index (χ3v) is 2.57. The number of oxazole rings is 1. The average Bonchev–Trinajstić information content (AvgIpc) is 2.73. The molecule has 0 aliphatic carbocycles. The minimum absolute atomic E-state index is 0.460. The van der Waals surface area contributed by atoms with Gasteiger partial charge in [-0.25, -0.2) is 4.98 Å². The fourth-order valence-corrected chi connectivity index (χ4v) is 1.71. The van der Waals surface area contributed by atoms with Crippen LogP contribution in [0.15, 0.2) is 34.7 Å². The SMILES string of the molecule is CNCC(O)c1nc(-c2ccccc2)oc1C. The first-order chi connectivity index (χ1) is 8.22. The Kier molecular flexibility index (Phi) is 3.56. The number of aryl methyl sites for hydroxylation is 1. The minimum atomic E-state index is -0.638. The number of aromatic nitrogens is 1. The Morgan fingerprint density at radius 2 is 2.06 bits per heavy atom. The lowest BCUT2D eigenvalue weighted by molar-refractivity contribution is 0.172. The number of benzene rings is 1. The van der Waals surface area contributed by atoms with E-state index in [1.807, 2.05) is 37.3 Å². The molecule has 2 rings (SSSR count). The zero-order valence-electron chi connectivity index (χ0n) is 9.97. The van der Waals surface area contributed by atoms with E-state index in [0.29, 0.717) is 23.9 Å². The Balaban J connectivity index is 2.31. The van der Waals surface area contributed by atoms with Crippen LogP contribution in [0.5, 0.6) is 0 Å².